The molecule has 6 rings (SSSR count). The van der Waals surface area contributed by atoms with Crippen molar-refractivity contribution in [3.05, 3.63) is 109 Å². The van der Waals surface area contributed by atoms with E-state index < -0.39 is 0 Å². The van der Waals surface area contributed by atoms with E-state index in [4.69, 9.17) is 10.2 Å². The maximum Gasteiger partial charge on any atom is 0.0940 e. The number of nitrogens with zero attached hydrogens (tertiary/aromatic N) is 4. The van der Waals surface area contributed by atoms with E-state index in [1.54, 1.807) is 22.0 Å². The molecule has 0 saturated carbocycles. The van der Waals surface area contributed by atoms with Crippen LogP contribution in [0, 0.1) is 0 Å². The molecule has 154 valence electrons. The Morgan fingerprint density at radius 2 is 0.812 bits per heavy atom. The van der Waals surface area contributed by atoms with Crippen LogP contribution in [0.4, 0.5) is 0 Å². The van der Waals surface area contributed by atoms with Crippen LogP contribution in [0.25, 0.3) is 44.3 Å². The minimum atomic E-state index is 0.980. The summed E-state index contributed by atoms with van der Waals surface area (Å²) in [4.78, 5) is 0. The lowest BCUT2D eigenvalue weighted by Gasteiger charge is -2.09. The van der Waals surface area contributed by atoms with Gasteiger partial charge in [0.2, 0.25) is 0 Å². The van der Waals surface area contributed by atoms with Crippen LogP contribution < -0.4 is 0 Å². The summed E-state index contributed by atoms with van der Waals surface area (Å²) in [5.41, 5.74) is 6.43. The summed E-state index contributed by atoms with van der Waals surface area (Å²) in [5.74, 6) is 0. The highest BCUT2D eigenvalue weighted by Gasteiger charge is 2.17. The van der Waals surface area contributed by atoms with Crippen molar-refractivity contribution in [3.8, 4) is 22.5 Å². The molecule has 0 bridgehead atoms. The Bertz CT molecular complexity index is 1400. The Balaban J connectivity index is 1.45. The second kappa shape index (κ2) is 8.22. The molecule has 2 heterocycles. The van der Waals surface area contributed by atoms with Crippen LogP contribution in [0.5, 0.6) is 0 Å². The van der Waals surface area contributed by atoms with Crippen molar-refractivity contribution in [2.24, 2.45) is 0 Å². The van der Waals surface area contributed by atoms with Crippen molar-refractivity contribution in [2.45, 2.75) is 0 Å². The first-order chi connectivity index (χ1) is 15.9. The van der Waals surface area contributed by atoms with Crippen LogP contribution in [0.3, 0.4) is 0 Å². The third-order valence-electron chi connectivity index (χ3n) is 5.37. The van der Waals surface area contributed by atoms with Gasteiger partial charge in [0.15, 0.2) is 0 Å². The zero-order chi connectivity index (χ0) is 21.3. The number of fused-ring (bicyclic) bond motifs is 2. The first-order valence-electron chi connectivity index (χ1n) is 10.3. The van der Waals surface area contributed by atoms with E-state index in [-0.39, 0.29) is 0 Å². The molecule has 32 heavy (non-hydrogen) atoms. The highest BCUT2D eigenvalue weighted by Crippen LogP contribution is 2.39. The summed E-state index contributed by atoms with van der Waals surface area (Å²) in [7, 11) is 3.13. The topological polar surface area (TPSA) is 35.6 Å². The molecule has 4 nitrogen and oxygen atoms in total. The van der Waals surface area contributed by atoms with Gasteiger partial charge >= 0.3 is 0 Å². The van der Waals surface area contributed by atoms with Gasteiger partial charge in [-0.15, -0.1) is 0 Å². The van der Waals surface area contributed by atoms with Crippen LogP contribution in [-0.2, 0) is 0 Å². The number of hydrogen-bond acceptors (Lipinski definition) is 4. The summed E-state index contributed by atoms with van der Waals surface area (Å²) in [6.07, 6.45) is 0. The lowest BCUT2D eigenvalue weighted by molar-refractivity contribution is 1.04. The average Bonchev–Trinajstić information content (AvgIpc) is 3.41. The van der Waals surface area contributed by atoms with Gasteiger partial charge in [-0.25, -0.2) is 0 Å². The fourth-order valence-electron chi connectivity index (χ4n) is 3.92. The smallest absolute Gasteiger partial charge is 0.0940 e. The van der Waals surface area contributed by atoms with Crippen LogP contribution >= 0.6 is 22.0 Å². The average molecular weight is 451 g/mol. The van der Waals surface area contributed by atoms with Gasteiger partial charge in [-0.05, 0) is 12.1 Å². The van der Waals surface area contributed by atoms with Crippen LogP contribution in [0.2, 0.25) is 0 Å². The van der Waals surface area contributed by atoms with E-state index in [1.807, 2.05) is 32.4 Å². The number of hydrogen-bond donors (Lipinski definition) is 0. The fourth-order valence-corrected chi connectivity index (χ4v) is 5.87. The molecule has 0 unspecified atom stereocenters. The summed E-state index contributed by atoms with van der Waals surface area (Å²) < 4.78 is 4.01. The Kier molecular flexibility index (Phi) is 4.94. The molecule has 0 N–H and O–H groups in total. The van der Waals surface area contributed by atoms with Gasteiger partial charge < -0.3 is 0 Å². The van der Waals surface area contributed by atoms with Gasteiger partial charge in [-0.3, -0.25) is 0 Å². The standard InChI is InChI=1S/C26H18N4S2/c1-3-11-19(12-4-1)25-21-15-7-9-17-23(21)27-29(25)31-32-30-26(20-13-5-2-6-14-20)22-16-8-10-18-24(22)28-30/h1-18H. The highest BCUT2D eigenvalue weighted by molar-refractivity contribution is 8.75. The van der Waals surface area contributed by atoms with Crippen molar-refractivity contribution in [3.63, 3.8) is 0 Å². The molecule has 0 spiro atoms. The van der Waals surface area contributed by atoms with Gasteiger partial charge in [0.05, 0.1) is 44.4 Å². The Hall–Kier alpha value is -3.48. The predicted octanol–water partition coefficient (Wildman–Crippen LogP) is 7.33. The molecule has 4 aromatic carbocycles. The van der Waals surface area contributed by atoms with E-state index in [9.17, 15) is 0 Å². The molecule has 0 atom stereocenters. The molecule has 0 radical (unpaired) electrons. The zero-order valence-corrected chi connectivity index (χ0v) is 18.6. The molecule has 0 saturated heterocycles. The summed E-state index contributed by atoms with van der Waals surface area (Å²) in [6.45, 7) is 0. The third kappa shape index (κ3) is 3.38. The monoisotopic (exact) mass is 450 g/mol. The first-order valence-corrected chi connectivity index (χ1v) is 12.4. The fraction of sp³-hybridized carbons (Fsp3) is 0. The summed E-state index contributed by atoms with van der Waals surface area (Å²) in [6, 6.07) is 37.4. The van der Waals surface area contributed by atoms with Gasteiger partial charge in [0.1, 0.15) is 0 Å². The maximum atomic E-state index is 4.88. The predicted molar refractivity (Wildman–Crippen MR) is 136 cm³/mol. The van der Waals surface area contributed by atoms with Gasteiger partial charge in [0.25, 0.3) is 0 Å². The minimum absolute atomic E-state index is 0.980. The van der Waals surface area contributed by atoms with E-state index in [0.29, 0.717) is 0 Å². The first kappa shape index (κ1) is 19.2. The molecule has 2 aromatic heterocycles. The van der Waals surface area contributed by atoms with Crippen molar-refractivity contribution in [1.29, 1.82) is 0 Å². The Labute approximate surface area is 193 Å². The van der Waals surface area contributed by atoms with Crippen molar-refractivity contribution in [2.75, 3.05) is 0 Å². The number of aromatic nitrogens is 4. The highest BCUT2D eigenvalue weighted by atomic mass is 33.1. The molecular weight excluding hydrogens is 432 g/mol. The van der Waals surface area contributed by atoms with E-state index in [1.165, 1.54) is 0 Å². The summed E-state index contributed by atoms with van der Waals surface area (Å²) >= 11 is 0. The van der Waals surface area contributed by atoms with E-state index in [2.05, 4.69) is 84.9 Å². The van der Waals surface area contributed by atoms with Crippen molar-refractivity contribution >= 4 is 43.8 Å². The molecule has 0 aliphatic heterocycles. The maximum absolute atomic E-state index is 4.88. The molecule has 6 heteroatoms. The van der Waals surface area contributed by atoms with Crippen LogP contribution in [0.15, 0.2) is 109 Å². The Morgan fingerprint density at radius 3 is 1.25 bits per heavy atom. The van der Waals surface area contributed by atoms with Crippen LogP contribution in [-0.4, -0.2) is 18.4 Å². The van der Waals surface area contributed by atoms with Gasteiger partial charge in [0, 0.05) is 21.9 Å². The largest absolute Gasteiger partial charge is 0.192 e. The minimum Gasteiger partial charge on any atom is -0.192 e. The lowest BCUT2D eigenvalue weighted by atomic mass is 10.1. The third-order valence-corrected chi connectivity index (χ3v) is 7.29. The van der Waals surface area contributed by atoms with Gasteiger partial charge in [-0.2, -0.15) is 18.4 Å². The molecule has 0 aliphatic carbocycles. The zero-order valence-electron chi connectivity index (χ0n) is 17.0. The second-order valence-electron chi connectivity index (χ2n) is 7.36. The van der Waals surface area contributed by atoms with Crippen LogP contribution in [0.1, 0.15) is 0 Å². The summed E-state index contributed by atoms with van der Waals surface area (Å²) in [5, 5.41) is 12.0. The van der Waals surface area contributed by atoms with E-state index in [0.717, 1.165) is 44.3 Å². The second-order valence-corrected chi connectivity index (χ2v) is 9.24. The molecular formula is C26H18N4S2. The SMILES string of the molecule is c1ccc(-c2c3ccccc3nn2SSn2nc3ccccc3c2-c2ccccc2)cc1. The van der Waals surface area contributed by atoms with E-state index >= 15 is 0 Å². The molecule has 6 aromatic rings. The van der Waals surface area contributed by atoms with Crippen molar-refractivity contribution < 1.29 is 0 Å². The molecule has 0 amide bonds. The number of benzene rings is 4. The van der Waals surface area contributed by atoms with Gasteiger partial charge in [-0.1, -0.05) is 97.1 Å². The number of rotatable bonds is 5. The Morgan fingerprint density at radius 1 is 0.438 bits per heavy atom. The molecule has 0 aliphatic rings. The lowest BCUT2D eigenvalue weighted by Crippen LogP contribution is -1.95. The normalized spacial score (nSPS) is 11.4. The molecule has 0 fully saturated rings. The van der Waals surface area contributed by atoms with Crippen molar-refractivity contribution in [1.82, 2.24) is 18.4 Å². The quantitative estimate of drug-likeness (QED) is 0.258.